The van der Waals surface area contributed by atoms with E-state index in [9.17, 15) is 17.6 Å². The fourth-order valence-corrected chi connectivity index (χ4v) is 0. The minimum atomic E-state index is -4.75. The maximum absolute atomic E-state index is 10.4. The summed E-state index contributed by atoms with van der Waals surface area (Å²) in [5.74, 6) is 0. The Morgan fingerprint density at radius 3 is 1.33 bits per heavy atom. The Morgan fingerprint density at radius 1 is 1.17 bits per heavy atom. The zero-order valence-electron chi connectivity index (χ0n) is 2.59. The summed E-state index contributed by atoms with van der Waals surface area (Å²) in [5.41, 5.74) is 0. The molecule has 0 bridgehead atoms. The molecule has 0 rings (SSSR count). The van der Waals surface area contributed by atoms with E-state index in [1.54, 1.807) is 0 Å². The SMILES string of the molecule is F[CH-]C(F)(F)F. The molecule has 0 aromatic carbocycles. The average molecular weight is 101 g/mol. The van der Waals surface area contributed by atoms with E-state index in [1.165, 1.54) is 0 Å². The maximum atomic E-state index is 10.4. The fraction of sp³-hybridized carbons (Fsp3) is 0.500. The van der Waals surface area contributed by atoms with Crippen LogP contribution in [0.2, 0.25) is 0 Å². The smallest absolute Gasteiger partial charge is 0.296 e. The molecule has 0 nitrogen and oxygen atoms in total. The van der Waals surface area contributed by atoms with Crippen LogP contribution in [-0.2, 0) is 0 Å². The number of hydrogen-bond donors (Lipinski definition) is 0. The van der Waals surface area contributed by atoms with Gasteiger partial charge in [0.2, 0.25) is 0 Å². The Bertz CT molecular complexity index is 35.3. The summed E-state index contributed by atoms with van der Waals surface area (Å²) in [6.45, 7) is -1.31. The zero-order chi connectivity index (χ0) is 5.21. The van der Waals surface area contributed by atoms with Crippen molar-refractivity contribution < 1.29 is 17.6 Å². The van der Waals surface area contributed by atoms with E-state index in [4.69, 9.17) is 0 Å². The summed E-state index contributed by atoms with van der Waals surface area (Å²) in [4.78, 5) is 0. The van der Waals surface area contributed by atoms with Gasteiger partial charge in [-0.2, -0.15) is 0 Å². The van der Waals surface area contributed by atoms with Crippen LogP contribution < -0.4 is 0 Å². The van der Waals surface area contributed by atoms with Crippen LogP contribution in [-0.4, -0.2) is 6.18 Å². The summed E-state index contributed by atoms with van der Waals surface area (Å²) >= 11 is 0. The number of rotatable bonds is 0. The third kappa shape index (κ3) is 3.72. The third-order valence-electron chi connectivity index (χ3n) is 0.124. The van der Waals surface area contributed by atoms with E-state index >= 15 is 0 Å². The van der Waals surface area contributed by atoms with Crippen molar-refractivity contribution in [2.24, 2.45) is 0 Å². The van der Waals surface area contributed by atoms with E-state index in [0.29, 0.717) is 0 Å². The summed E-state index contributed by atoms with van der Waals surface area (Å²) in [5, 5.41) is 0. The first-order valence-electron chi connectivity index (χ1n) is 1.07. The Balaban J connectivity index is 3.17. The van der Waals surface area contributed by atoms with Gasteiger partial charge in [0.1, 0.15) is 0 Å². The predicted molar refractivity (Wildman–Crippen MR) is 11.5 cm³/mol. The number of halogens is 4. The Hall–Kier alpha value is -0.280. The molecule has 0 aromatic rings. The van der Waals surface area contributed by atoms with Crippen molar-refractivity contribution in [3.63, 3.8) is 0 Å². The lowest BCUT2D eigenvalue weighted by Gasteiger charge is -2.05. The molecule has 0 aliphatic carbocycles. The van der Waals surface area contributed by atoms with Crippen molar-refractivity contribution in [2.75, 3.05) is 0 Å². The van der Waals surface area contributed by atoms with Crippen LogP contribution in [0.15, 0.2) is 0 Å². The van der Waals surface area contributed by atoms with Crippen molar-refractivity contribution in [1.29, 1.82) is 0 Å². The van der Waals surface area contributed by atoms with E-state index in [-0.39, 0.29) is 0 Å². The topological polar surface area (TPSA) is 0 Å². The van der Waals surface area contributed by atoms with Gasteiger partial charge in [0.25, 0.3) is 6.18 Å². The standard InChI is InChI=1S/C2HF4/c3-1-2(4,5)6/h1H/q-1. The molecule has 0 aliphatic heterocycles. The van der Waals surface area contributed by atoms with Gasteiger partial charge in [-0.3, -0.25) is 0 Å². The van der Waals surface area contributed by atoms with Crippen molar-refractivity contribution in [2.45, 2.75) is 6.18 Å². The second kappa shape index (κ2) is 1.45. The molecule has 0 unspecified atom stereocenters. The molecule has 0 N–H and O–H groups in total. The minimum absolute atomic E-state index is 1.31. The van der Waals surface area contributed by atoms with E-state index in [1.807, 2.05) is 0 Å². The molecule has 0 amide bonds. The van der Waals surface area contributed by atoms with E-state index < -0.39 is 12.9 Å². The van der Waals surface area contributed by atoms with Crippen LogP contribution in [0, 0.1) is 6.67 Å². The van der Waals surface area contributed by atoms with Crippen molar-refractivity contribution in [3.05, 3.63) is 6.67 Å². The van der Waals surface area contributed by atoms with Crippen LogP contribution in [0.5, 0.6) is 0 Å². The first-order chi connectivity index (χ1) is 2.56. The second-order valence-electron chi connectivity index (χ2n) is 0.651. The monoisotopic (exact) mass is 101 g/mol. The molecule has 0 radical (unpaired) electrons. The largest absolute Gasteiger partial charge is 0.451 e. The van der Waals surface area contributed by atoms with E-state index in [2.05, 4.69) is 0 Å². The molecule has 0 heterocycles. The van der Waals surface area contributed by atoms with Gasteiger partial charge < -0.3 is 4.39 Å². The van der Waals surface area contributed by atoms with Gasteiger partial charge in [0.15, 0.2) is 0 Å². The second-order valence-corrected chi connectivity index (χ2v) is 0.651. The van der Waals surface area contributed by atoms with Crippen LogP contribution in [0.3, 0.4) is 0 Å². The van der Waals surface area contributed by atoms with Crippen LogP contribution in [0.4, 0.5) is 17.6 Å². The molecule has 6 heavy (non-hydrogen) atoms. The maximum Gasteiger partial charge on any atom is 0.296 e. The van der Waals surface area contributed by atoms with Gasteiger partial charge >= 0.3 is 0 Å². The summed E-state index contributed by atoms with van der Waals surface area (Å²) in [7, 11) is 0. The molecule has 0 saturated heterocycles. The average Bonchev–Trinajstić information content (AvgIpc) is 1.35. The van der Waals surface area contributed by atoms with Crippen LogP contribution >= 0.6 is 0 Å². The highest BCUT2D eigenvalue weighted by Crippen LogP contribution is 2.17. The molecule has 4 heteroatoms. The molecule has 0 aliphatic rings. The van der Waals surface area contributed by atoms with Crippen molar-refractivity contribution in [1.82, 2.24) is 0 Å². The van der Waals surface area contributed by atoms with Gasteiger partial charge in [-0.15, -0.1) is 0 Å². The quantitative estimate of drug-likeness (QED) is 0.321. The van der Waals surface area contributed by atoms with E-state index in [0.717, 1.165) is 0 Å². The number of alkyl halides is 3. The highest BCUT2D eigenvalue weighted by atomic mass is 19.4. The van der Waals surface area contributed by atoms with Gasteiger partial charge in [-0.05, 0) is 0 Å². The lowest BCUT2D eigenvalue weighted by molar-refractivity contribution is -0.114. The lowest BCUT2D eigenvalue weighted by Crippen LogP contribution is -2.02. The summed E-state index contributed by atoms with van der Waals surface area (Å²) < 4.78 is 41.3. The Morgan fingerprint density at radius 2 is 1.33 bits per heavy atom. The Labute approximate surface area is 31.8 Å². The lowest BCUT2D eigenvalue weighted by atomic mass is 10.8. The van der Waals surface area contributed by atoms with Gasteiger partial charge in [-0.1, -0.05) is 6.67 Å². The predicted octanol–water partition coefficient (Wildman–Crippen LogP) is 1.68. The zero-order valence-corrected chi connectivity index (χ0v) is 2.59. The molecule has 0 atom stereocenters. The van der Waals surface area contributed by atoms with Crippen LogP contribution in [0.1, 0.15) is 0 Å². The minimum Gasteiger partial charge on any atom is -0.451 e. The van der Waals surface area contributed by atoms with Crippen LogP contribution in [0.25, 0.3) is 0 Å². The first-order valence-corrected chi connectivity index (χ1v) is 1.07. The molecule has 0 spiro atoms. The van der Waals surface area contributed by atoms with Gasteiger partial charge in [0.05, 0.1) is 0 Å². The molecule has 0 saturated carbocycles. The molecule has 0 aromatic heterocycles. The molecular weight excluding hydrogens is 100 g/mol. The normalized spacial score (nSPS) is 12.0. The number of hydrogen-bond acceptors (Lipinski definition) is 0. The van der Waals surface area contributed by atoms with Gasteiger partial charge in [0, 0.05) is 0 Å². The summed E-state index contributed by atoms with van der Waals surface area (Å²) in [6.07, 6.45) is -4.75. The fourth-order valence-electron chi connectivity index (χ4n) is 0. The highest BCUT2D eigenvalue weighted by molar-refractivity contribution is 4.57. The summed E-state index contributed by atoms with van der Waals surface area (Å²) in [6, 6.07) is 0. The first kappa shape index (κ1) is 5.72. The third-order valence-corrected chi connectivity index (χ3v) is 0.124. The van der Waals surface area contributed by atoms with Crippen molar-refractivity contribution in [3.8, 4) is 0 Å². The molecule has 0 fully saturated rings. The van der Waals surface area contributed by atoms with Crippen molar-refractivity contribution >= 4 is 0 Å². The highest BCUT2D eigenvalue weighted by Gasteiger charge is 2.13. The van der Waals surface area contributed by atoms with Gasteiger partial charge in [-0.25, -0.2) is 13.2 Å². The Kier molecular flexibility index (Phi) is 1.38. The molecule has 38 valence electrons. The molecular formula is C2HF4-.